The molecule has 0 radical (unpaired) electrons. The van der Waals surface area contributed by atoms with Crippen LogP contribution >= 0.6 is 39.1 Å². The summed E-state index contributed by atoms with van der Waals surface area (Å²) in [7, 11) is 1.68. The minimum atomic E-state index is -0.201. The molecule has 0 aromatic heterocycles. The van der Waals surface area contributed by atoms with Gasteiger partial charge in [-0.25, -0.2) is 0 Å². The normalized spacial score (nSPS) is 12.3. The summed E-state index contributed by atoms with van der Waals surface area (Å²) in [6, 6.07) is 5.22. The molecule has 0 fully saturated rings. The number of halogens is 3. The lowest BCUT2D eigenvalue weighted by Crippen LogP contribution is -2.33. The van der Waals surface area contributed by atoms with Crippen LogP contribution in [0.2, 0.25) is 10.0 Å². The van der Waals surface area contributed by atoms with Gasteiger partial charge in [0.05, 0.1) is 20.6 Å². The van der Waals surface area contributed by atoms with E-state index in [1.54, 1.807) is 25.2 Å². The van der Waals surface area contributed by atoms with Gasteiger partial charge in [-0.1, -0.05) is 52.1 Å². The Bertz CT molecular complexity index is 398. The SMILES string of the molecule is CCC(Br)C(=O)N(C)c1cccc(Cl)c1Cl. The fraction of sp³-hybridized carbons (Fsp3) is 0.364. The molecular weight excluding hydrogens is 313 g/mol. The second-order valence-corrected chi connectivity index (χ2v) is 5.24. The molecular formula is C11H12BrCl2NO. The van der Waals surface area contributed by atoms with E-state index in [2.05, 4.69) is 15.9 Å². The Hall–Kier alpha value is -0.250. The molecule has 0 saturated carbocycles. The number of alkyl halides is 1. The number of carbonyl (C=O) groups is 1. The first-order valence-electron chi connectivity index (χ1n) is 4.84. The van der Waals surface area contributed by atoms with Gasteiger partial charge in [-0.15, -0.1) is 0 Å². The maximum atomic E-state index is 11.9. The summed E-state index contributed by atoms with van der Waals surface area (Å²) in [5, 5.41) is 0.845. The van der Waals surface area contributed by atoms with Gasteiger partial charge < -0.3 is 4.90 Å². The highest BCUT2D eigenvalue weighted by atomic mass is 79.9. The van der Waals surface area contributed by atoms with Crippen molar-refractivity contribution in [1.29, 1.82) is 0 Å². The highest BCUT2D eigenvalue weighted by Crippen LogP contribution is 2.32. The van der Waals surface area contributed by atoms with Gasteiger partial charge in [0, 0.05) is 7.05 Å². The number of benzene rings is 1. The van der Waals surface area contributed by atoms with Gasteiger partial charge in [0.2, 0.25) is 5.91 Å². The van der Waals surface area contributed by atoms with Crippen molar-refractivity contribution in [3.05, 3.63) is 28.2 Å². The van der Waals surface area contributed by atoms with Crippen LogP contribution in [0.15, 0.2) is 18.2 Å². The molecule has 2 nitrogen and oxygen atoms in total. The summed E-state index contributed by atoms with van der Waals surface area (Å²) in [6.45, 7) is 1.94. The molecule has 16 heavy (non-hydrogen) atoms. The maximum absolute atomic E-state index is 11.9. The summed E-state index contributed by atoms with van der Waals surface area (Å²) in [6.07, 6.45) is 0.724. The Morgan fingerprint density at radius 1 is 1.50 bits per heavy atom. The van der Waals surface area contributed by atoms with E-state index in [9.17, 15) is 4.79 Å². The van der Waals surface area contributed by atoms with Gasteiger partial charge in [-0.2, -0.15) is 0 Å². The molecule has 0 spiro atoms. The molecule has 1 rings (SSSR count). The smallest absolute Gasteiger partial charge is 0.240 e. The highest BCUT2D eigenvalue weighted by Gasteiger charge is 2.20. The summed E-state index contributed by atoms with van der Waals surface area (Å²) >= 11 is 15.2. The van der Waals surface area contributed by atoms with E-state index in [-0.39, 0.29) is 10.7 Å². The standard InChI is InChI=1S/C11H12BrCl2NO/c1-3-7(12)11(16)15(2)9-6-4-5-8(13)10(9)14/h4-7H,3H2,1-2H3. The third kappa shape index (κ3) is 2.90. The maximum Gasteiger partial charge on any atom is 0.240 e. The van der Waals surface area contributed by atoms with E-state index in [4.69, 9.17) is 23.2 Å². The Kier molecular flexibility index (Phi) is 5.09. The number of carbonyl (C=O) groups excluding carboxylic acids is 1. The highest BCUT2D eigenvalue weighted by molar-refractivity contribution is 9.10. The lowest BCUT2D eigenvalue weighted by molar-refractivity contribution is -0.117. The minimum Gasteiger partial charge on any atom is -0.313 e. The monoisotopic (exact) mass is 323 g/mol. The van der Waals surface area contributed by atoms with Crippen LogP contribution in [0.4, 0.5) is 5.69 Å². The van der Waals surface area contributed by atoms with E-state index in [1.807, 2.05) is 6.92 Å². The molecule has 0 bridgehead atoms. The molecule has 88 valence electrons. The first-order chi connectivity index (χ1) is 7.49. The predicted molar refractivity (Wildman–Crippen MR) is 72.9 cm³/mol. The Balaban J connectivity index is 3.01. The molecule has 1 atom stereocenters. The second-order valence-electron chi connectivity index (χ2n) is 3.35. The first kappa shape index (κ1) is 13.8. The molecule has 0 aliphatic carbocycles. The van der Waals surface area contributed by atoms with Crippen molar-refractivity contribution in [2.75, 3.05) is 11.9 Å². The first-order valence-corrected chi connectivity index (χ1v) is 6.51. The molecule has 1 aromatic rings. The van der Waals surface area contributed by atoms with E-state index in [0.29, 0.717) is 15.7 Å². The fourth-order valence-corrected chi connectivity index (χ4v) is 1.98. The predicted octanol–water partition coefficient (Wildman–Crippen LogP) is 4.13. The molecule has 1 amide bonds. The summed E-state index contributed by atoms with van der Waals surface area (Å²) in [5.74, 6) is -0.0355. The van der Waals surface area contributed by atoms with E-state index >= 15 is 0 Å². The van der Waals surface area contributed by atoms with Crippen LogP contribution in [-0.2, 0) is 4.79 Å². The zero-order valence-electron chi connectivity index (χ0n) is 9.01. The summed E-state index contributed by atoms with van der Waals surface area (Å²) < 4.78 is 0. The third-order valence-electron chi connectivity index (χ3n) is 2.25. The number of hydrogen-bond acceptors (Lipinski definition) is 1. The molecule has 1 aromatic carbocycles. The Labute approximate surface area is 114 Å². The van der Waals surface area contributed by atoms with Crippen molar-refractivity contribution >= 4 is 50.7 Å². The van der Waals surface area contributed by atoms with Gasteiger partial charge in [-0.05, 0) is 18.6 Å². The van der Waals surface area contributed by atoms with E-state index in [0.717, 1.165) is 6.42 Å². The van der Waals surface area contributed by atoms with Gasteiger partial charge in [0.15, 0.2) is 0 Å². The lowest BCUT2D eigenvalue weighted by Gasteiger charge is -2.21. The van der Waals surface area contributed by atoms with Crippen molar-refractivity contribution in [3.8, 4) is 0 Å². The van der Waals surface area contributed by atoms with Crippen LogP contribution in [-0.4, -0.2) is 17.8 Å². The van der Waals surface area contributed by atoms with Crippen molar-refractivity contribution in [1.82, 2.24) is 0 Å². The number of hydrogen-bond donors (Lipinski definition) is 0. The molecule has 1 unspecified atom stereocenters. The molecule has 0 saturated heterocycles. The van der Waals surface area contributed by atoms with E-state index < -0.39 is 0 Å². The van der Waals surface area contributed by atoms with Crippen LogP contribution in [0.1, 0.15) is 13.3 Å². The number of anilines is 1. The van der Waals surface area contributed by atoms with Crippen LogP contribution in [0, 0.1) is 0 Å². The van der Waals surface area contributed by atoms with Crippen molar-refractivity contribution in [2.24, 2.45) is 0 Å². The average Bonchev–Trinajstić information content (AvgIpc) is 2.29. The van der Waals surface area contributed by atoms with Crippen LogP contribution in [0.3, 0.4) is 0 Å². The van der Waals surface area contributed by atoms with Gasteiger partial charge in [0.1, 0.15) is 0 Å². The number of nitrogens with zero attached hydrogens (tertiary/aromatic N) is 1. The number of amides is 1. The largest absolute Gasteiger partial charge is 0.313 e. The third-order valence-corrected chi connectivity index (χ3v) is 4.10. The van der Waals surface area contributed by atoms with E-state index in [1.165, 1.54) is 4.90 Å². The van der Waals surface area contributed by atoms with Crippen LogP contribution < -0.4 is 4.90 Å². The Morgan fingerprint density at radius 2 is 2.12 bits per heavy atom. The van der Waals surface area contributed by atoms with Crippen LogP contribution in [0.25, 0.3) is 0 Å². The average molecular weight is 325 g/mol. The topological polar surface area (TPSA) is 20.3 Å². The Morgan fingerprint density at radius 3 is 2.69 bits per heavy atom. The fourth-order valence-electron chi connectivity index (χ4n) is 1.25. The van der Waals surface area contributed by atoms with Crippen LogP contribution in [0.5, 0.6) is 0 Å². The van der Waals surface area contributed by atoms with Crippen molar-refractivity contribution in [2.45, 2.75) is 18.2 Å². The van der Waals surface area contributed by atoms with Gasteiger partial charge in [-0.3, -0.25) is 4.79 Å². The second kappa shape index (κ2) is 5.89. The lowest BCUT2D eigenvalue weighted by atomic mass is 10.2. The van der Waals surface area contributed by atoms with Gasteiger partial charge >= 0.3 is 0 Å². The number of rotatable bonds is 3. The minimum absolute atomic E-state index is 0.0355. The molecule has 0 heterocycles. The molecule has 0 aliphatic heterocycles. The summed E-state index contributed by atoms with van der Waals surface area (Å²) in [5.41, 5.74) is 0.622. The zero-order valence-corrected chi connectivity index (χ0v) is 12.1. The van der Waals surface area contributed by atoms with Gasteiger partial charge in [0.25, 0.3) is 0 Å². The summed E-state index contributed by atoms with van der Waals surface area (Å²) in [4.78, 5) is 13.2. The zero-order chi connectivity index (χ0) is 12.3. The van der Waals surface area contributed by atoms with Crippen molar-refractivity contribution < 1.29 is 4.79 Å². The van der Waals surface area contributed by atoms with Crippen molar-refractivity contribution in [3.63, 3.8) is 0 Å². The molecule has 0 aliphatic rings. The molecule has 5 heteroatoms. The quantitative estimate of drug-likeness (QED) is 0.765. The molecule has 0 N–H and O–H groups in total.